The number of aliphatic hydroxyl groups excluding tert-OH is 4. The molecule has 2 unspecified atom stereocenters. The van der Waals surface area contributed by atoms with E-state index in [2.05, 4.69) is 110 Å². The van der Waals surface area contributed by atoms with Crippen molar-refractivity contribution in [2.45, 2.75) is 374 Å². The van der Waals surface area contributed by atoms with Crippen LogP contribution in [-0.4, -0.2) is 94.9 Å². The van der Waals surface area contributed by atoms with Crippen molar-refractivity contribution in [1.29, 1.82) is 0 Å². The van der Waals surface area contributed by atoms with Gasteiger partial charge in [0.15, 0.2) is 0 Å². The Morgan fingerprint density at radius 1 is 0.226 bits per heavy atom. The molecule has 0 bridgehead atoms. The van der Waals surface area contributed by atoms with Gasteiger partial charge < -0.3 is 30.2 Å². The van der Waals surface area contributed by atoms with E-state index in [9.17, 15) is 20.4 Å². The van der Waals surface area contributed by atoms with Gasteiger partial charge in [0.25, 0.3) is 0 Å². The predicted octanol–water partition coefficient (Wildman–Crippen LogP) is 23.0. The maximum absolute atomic E-state index is 10.00. The molecule has 0 aliphatic carbocycles. The maximum Gasteiger partial charge on any atom is 0.0897 e. The first-order chi connectivity index (χ1) is 41.5. The van der Waals surface area contributed by atoms with Crippen molar-refractivity contribution < 1.29 is 20.4 Å². The zero-order chi connectivity index (χ0) is 61.2. The number of allylic oxidation sites excluding steroid dienone is 12. The minimum absolute atomic E-state index is 0.128. The summed E-state index contributed by atoms with van der Waals surface area (Å²) >= 11 is 0. The molecule has 4 N–H and O–H groups in total. The van der Waals surface area contributed by atoms with Gasteiger partial charge in [0, 0.05) is 13.1 Å². The Hall–Kier alpha value is -1.80. The molecule has 0 aromatic carbocycles. The lowest BCUT2D eigenvalue weighted by molar-refractivity contribution is 0.0579. The summed E-state index contributed by atoms with van der Waals surface area (Å²) in [6, 6.07) is 0. The molecule has 0 fully saturated rings. The third kappa shape index (κ3) is 74.5. The molecule has 0 aromatic rings. The third-order valence-electron chi connectivity index (χ3n) is 16.7. The van der Waals surface area contributed by atoms with Crippen molar-refractivity contribution in [3.05, 3.63) is 72.9 Å². The van der Waals surface area contributed by atoms with E-state index in [1.165, 1.54) is 321 Å². The van der Waals surface area contributed by atoms with Crippen molar-refractivity contribution in [2.24, 2.45) is 0 Å². The van der Waals surface area contributed by atoms with E-state index < -0.39 is 12.2 Å². The SMILES string of the molecule is CCCCC/C=C\C/C=C\CCCCCCCCN(CCCCCCCC/C=C\C/C=C\CCCCC)CC(O)CO.CCCCCCCC/C=C\CCCCCCCCN(CCCCCCCC/C=C\CCCCCCCC)CC(O)CO. The molecular formula is C78H150N2O4. The van der Waals surface area contributed by atoms with Crippen LogP contribution in [0.5, 0.6) is 0 Å². The van der Waals surface area contributed by atoms with Crippen molar-refractivity contribution in [3.8, 4) is 0 Å². The molecule has 2 atom stereocenters. The lowest BCUT2D eigenvalue weighted by Gasteiger charge is -2.24. The van der Waals surface area contributed by atoms with E-state index in [-0.39, 0.29) is 13.2 Å². The molecule has 0 amide bonds. The topological polar surface area (TPSA) is 87.4 Å². The van der Waals surface area contributed by atoms with Crippen LogP contribution in [0.2, 0.25) is 0 Å². The van der Waals surface area contributed by atoms with Crippen LogP contribution >= 0.6 is 0 Å². The van der Waals surface area contributed by atoms with Crippen LogP contribution in [0.15, 0.2) is 72.9 Å². The molecule has 6 heteroatoms. The highest BCUT2D eigenvalue weighted by molar-refractivity contribution is 4.94. The molecule has 0 spiro atoms. The molecule has 0 rings (SSSR count). The van der Waals surface area contributed by atoms with Gasteiger partial charge >= 0.3 is 0 Å². The first kappa shape index (κ1) is 84.3. The Kier molecular flexibility index (Phi) is 77.5. The predicted molar refractivity (Wildman–Crippen MR) is 377 cm³/mol. The van der Waals surface area contributed by atoms with Gasteiger partial charge in [-0.3, -0.25) is 0 Å². The van der Waals surface area contributed by atoms with Crippen LogP contribution in [0.25, 0.3) is 0 Å². The summed E-state index contributed by atoms with van der Waals surface area (Å²) < 4.78 is 0. The second kappa shape index (κ2) is 77.3. The average Bonchev–Trinajstić information content (AvgIpc) is 3.51. The smallest absolute Gasteiger partial charge is 0.0897 e. The van der Waals surface area contributed by atoms with Crippen LogP contribution in [0, 0.1) is 0 Å². The van der Waals surface area contributed by atoms with E-state index in [4.69, 9.17) is 0 Å². The number of aliphatic hydroxyl groups is 4. The van der Waals surface area contributed by atoms with Crippen LogP contribution in [-0.2, 0) is 0 Å². The average molecular weight is 1180 g/mol. The van der Waals surface area contributed by atoms with Crippen molar-refractivity contribution in [1.82, 2.24) is 9.80 Å². The normalized spacial score (nSPS) is 13.1. The molecule has 0 aliphatic heterocycles. The van der Waals surface area contributed by atoms with E-state index in [0.717, 1.165) is 39.0 Å². The zero-order valence-corrected chi connectivity index (χ0v) is 57.2. The molecular weight excluding hydrogens is 1030 g/mol. The number of hydrogen-bond acceptors (Lipinski definition) is 6. The van der Waals surface area contributed by atoms with Crippen LogP contribution in [0.1, 0.15) is 362 Å². The van der Waals surface area contributed by atoms with Gasteiger partial charge in [0.05, 0.1) is 25.4 Å². The Morgan fingerprint density at radius 2 is 0.393 bits per heavy atom. The van der Waals surface area contributed by atoms with Gasteiger partial charge in [0.1, 0.15) is 0 Å². The summed E-state index contributed by atoms with van der Waals surface area (Å²) in [7, 11) is 0. The molecule has 0 aromatic heterocycles. The largest absolute Gasteiger partial charge is 0.394 e. The molecule has 6 nitrogen and oxygen atoms in total. The Bertz CT molecular complexity index is 1280. The Morgan fingerprint density at radius 3 is 0.607 bits per heavy atom. The van der Waals surface area contributed by atoms with Gasteiger partial charge in [0.2, 0.25) is 0 Å². The Labute approximate surface area is 526 Å². The number of unbranched alkanes of at least 4 members (excludes halogenated alkanes) is 42. The van der Waals surface area contributed by atoms with Gasteiger partial charge in [-0.05, 0) is 167 Å². The quantitative estimate of drug-likeness (QED) is 0.0359. The van der Waals surface area contributed by atoms with E-state index in [0.29, 0.717) is 13.1 Å². The summed E-state index contributed by atoms with van der Waals surface area (Å²) in [4.78, 5) is 4.77. The molecule has 496 valence electrons. The first-order valence-electron chi connectivity index (χ1n) is 37.4. The Balaban J connectivity index is 0. The third-order valence-corrected chi connectivity index (χ3v) is 16.7. The minimum atomic E-state index is -0.612. The zero-order valence-electron chi connectivity index (χ0n) is 57.2. The van der Waals surface area contributed by atoms with E-state index in [1.54, 1.807) is 0 Å². The van der Waals surface area contributed by atoms with Crippen LogP contribution in [0.3, 0.4) is 0 Å². The van der Waals surface area contributed by atoms with E-state index >= 15 is 0 Å². The molecule has 0 saturated heterocycles. The van der Waals surface area contributed by atoms with Gasteiger partial charge in [-0.2, -0.15) is 0 Å². The van der Waals surface area contributed by atoms with Crippen LogP contribution < -0.4 is 0 Å². The van der Waals surface area contributed by atoms with E-state index in [1.807, 2.05) is 0 Å². The standard InChI is InChI=1S/C39H77NO2.C39H73NO2/c2*1-3-5-7-9-11-13-15-17-19-21-23-25-27-29-31-33-35-40(37-39(42)38-41)36-34-32-30-28-26-24-22-20-18-16-14-12-10-8-6-4-2/h17-20,39,41-42H,3-16,21-38H2,1-2H3;11-14,17-20,39,41-42H,3-10,15-16,21-38H2,1-2H3/b19-17-,20-18-;13-11-,14-12-,19-17-,20-18-. The molecule has 0 heterocycles. The second-order valence-corrected chi connectivity index (χ2v) is 25.3. The highest BCUT2D eigenvalue weighted by atomic mass is 16.3. The van der Waals surface area contributed by atoms with Crippen molar-refractivity contribution >= 4 is 0 Å². The molecule has 0 saturated carbocycles. The number of nitrogens with zero attached hydrogens (tertiary/aromatic N) is 2. The molecule has 0 radical (unpaired) electrons. The first-order valence-corrected chi connectivity index (χ1v) is 37.4. The van der Waals surface area contributed by atoms with Gasteiger partial charge in [-0.1, -0.05) is 293 Å². The summed E-state index contributed by atoms with van der Waals surface area (Å²) in [5.41, 5.74) is 0. The lowest BCUT2D eigenvalue weighted by Crippen LogP contribution is -2.35. The number of rotatable bonds is 68. The summed E-state index contributed by atoms with van der Waals surface area (Å²) in [6.07, 6.45) is 95.0. The van der Waals surface area contributed by atoms with Gasteiger partial charge in [-0.25, -0.2) is 0 Å². The van der Waals surface area contributed by atoms with Gasteiger partial charge in [-0.15, -0.1) is 0 Å². The summed E-state index contributed by atoms with van der Waals surface area (Å²) in [5, 5.41) is 38.6. The van der Waals surface area contributed by atoms with Crippen molar-refractivity contribution in [2.75, 3.05) is 52.5 Å². The fourth-order valence-corrected chi connectivity index (χ4v) is 11.1. The highest BCUT2D eigenvalue weighted by Gasteiger charge is 2.12. The minimum Gasteiger partial charge on any atom is -0.394 e. The fraction of sp³-hybridized carbons (Fsp3) is 0.846. The maximum atomic E-state index is 10.00. The van der Waals surface area contributed by atoms with Crippen LogP contribution in [0.4, 0.5) is 0 Å². The summed E-state index contributed by atoms with van der Waals surface area (Å²) in [5.74, 6) is 0. The molecule has 0 aliphatic rings. The monoisotopic (exact) mass is 1180 g/mol. The highest BCUT2D eigenvalue weighted by Crippen LogP contribution is 2.16. The molecule has 84 heavy (non-hydrogen) atoms. The number of hydrogen-bond donors (Lipinski definition) is 4. The lowest BCUT2D eigenvalue weighted by atomic mass is 10.1. The second-order valence-electron chi connectivity index (χ2n) is 25.3. The fourth-order valence-electron chi connectivity index (χ4n) is 11.1. The van der Waals surface area contributed by atoms with Crippen molar-refractivity contribution in [3.63, 3.8) is 0 Å². The summed E-state index contributed by atoms with van der Waals surface area (Å²) in [6.45, 7) is 14.3.